The molecule has 0 aromatic heterocycles. The number of hydrogen-bond donors (Lipinski definition) is 3. The molecule has 194 valence electrons. The molecule has 1 aliphatic carbocycles. The second-order valence-electron chi connectivity index (χ2n) is 10.4. The van der Waals surface area contributed by atoms with E-state index in [0.29, 0.717) is 18.0 Å². The number of amides is 1. The Bertz CT molecular complexity index is 1180. The fraction of sp³-hybridized carbons (Fsp3) is 0.375. The fourth-order valence-corrected chi connectivity index (χ4v) is 5.46. The molecule has 5 nitrogen and oxygen atoms in total. The molecule has 3 aromatic rings. The van der Waals surface area contributed by atoms with Gasteiger partial charge in [0.2, 0.25) is 0 Å². The topological polar surface area (TPSA) is 92.4 Å². The average molecular weight is 499 g/mol. The predicted octanol–water partition coefficient (Wildman–Crippen LogP) is 6.10. The molecule has 5 heteroatoms. The molecule has 2 atom stereocenters. The van der Waals surface area contributed by atoms with E-state index in [0.717, 1.165) is 5.56 Å². The van der Waals surface area contributed by atoms with E-state index in [1.54, 1.807) is 24.3 Å². The van der Waals surface area contributed by atoms with E-state index in [1.807, 2.05) is 0 Å². The summed E-state index contributed by atoms with van der Waals surface area (Å²) in [5, 5.41) is 12.2. The Labute approximate surface area is 220 Å². The predicted molar refractivity (Wildman–Crippen MR) is 149 cm³/mol. The van der Waals surface area contributed by atoms with Crippen LogP contribution in [-0.4, -0.2) is 29.6 Å². The molecule has 0 spiro atoms. The molecule has 0 saturated heterocycles. The van der Waals surface area contributed by atoms with E-state index in [1.165, 1.54) is 60.8 Å². The number of carboxylic acid groups (broad SMARTS) is 1. The Morgan fingerprint density at radius 2 is 1.59 bits per heavy atom. The number of nitrogens with one attached hydrogen (secondary N) is 1. The van der Waals surface area contributed by atoms with E-state index in [4.69, 9.17) is 10.8 Å². The standard InChI is InChI=1S/C32H38N2O3/c1-22-7-6-10-28(19-22)24-15-17-26(18-16-24)29(25-8-4-2-3-5-9-25)21-34-31(35)27-13-11-23(12-14-27)20-30(33)32(36)37/h6-7,10-19,25,29-30H,2-5,8-9,20-21,33H2,1H3,(H,34,35)(H,36,37)/t29-,30+/m1/s1. The van der Waals surface area contributed by atoms with Crippen molar-refractivity contribution in [1.29, 1.82) is 0 Å². The van der Waals surface area contributed by atoms with Gasteiger partial charge in [0, 0.05) is 18.0 Å². The quantitative estimate of drug-likeness (QED) is 0.311. The van der Waals surface area contributed by atoms with E-state index in [2.05, 4.69) is 60.8 Å². The van der Waals surface area contributed by atoms with Crippen LogP contribution in [0.1, 0.15) is 71.5 Å². The number of aryl methyl sites for hydroxylation is 1. The van der Waals surface area contributed by atoms with Gasteiger partial charge < -0.3 is 16.2 Å². The van der Waals surface area contributed by atoms with Crippen LogP contribution >= 0.6 is 0 Å². The van der Waals surface area contributed by atoms with Crippen LogP contribution in [0.25, 0.3) is 11.1 Å². The molecule has 0 unspecified atom stereocenters. The van der Waals surface area contributed by atoms with Crippen molar-refractivity contribution in [1.82, 2.24) is 5.32 Å². The highest BCUT2D eigenvalue weighted by molar-refractivity contribution is 5.94. The lowest BCUT2D eigenvalue weighted by Gasteiger charge is -2.27. The van der Waals surface area contributed by atoms with Crippen LogP contribution in [-0.2, 0) is 11.2 Å². The lowest BCUT2D eigenvalue weighted by Crippen LogP contribution is -2.32. The summed E-state index contributed by atoms with van der Waals surface area (Å²) in [7, 11) is 0. The third kappa shape index (κ3) is 7.30. The molecule has 3 aromatic carbocycles. The third-order valence-corrected chi connectivity index (χ3v) is 7.63. The Kier molecular flexibility index (Phi) is 9.13. The number of aliphatic carboxylic acids is 1. The highest BCUT2D eigenvalue weighted by Crippen LogP contribution is 2.36. The van der Waals surface area contributed by atoms with E-state index in [9.17, 15) is 9.59 Å². The highest BCUT2D eigenvalue weighted by Gasteiger charge is 2.25. The van der Waals surface area contributed by atoms with Crippen LogP contribution < -0.4 is 11.1 Å². The Hall–Kier alpha value is -3.44. The lowest BCUT2D eigenvalue weighted by atomic mass is 9.81. The monoisotopic (exact) mass is 498 g/mol. The Morgan fingerprint density at radius 1 is 0.919 bits per heavy atom. The minimum absolute atomic E-state index is 0.107. The van der Waals surface area contributed by atoms with Gasteiger partial charge in [-0.2, -0.15) is 0 Å². The number of rotatable bonds is 9. The van der Waals surface area contributed by atoms with E-state index >= 15 is 0 Å². The van der Waals surface area contributed by atoms with Gasteiger partial charge in [0.05, 0.1) is 0 Å². The van der Waals surface area contributed by atoms with Crippen molar-refractivity contribution in [2.75, 3.05) is 6.54 Å². The second kappa shape index (κ2) is 12.7. The molecular formula is C32H38N2O3. The maximum absolute atomic E-state index is 13.0. The number of nitrogens with two attached hydrogens (primary N) is 1. The molecule has 0 aliphatic heterocycles. The summed E-state index contributed by atoms with van der Waals surface area (Å²) in [4.78, 5) is 24.0. The summed E-state index contributed by atoms with van der Waals surface area (Å²) in [6, 6.07) is 23.5. The molecule has 1 aliphatic rings. The van der Waals surface area contributed by atoms with Gasteiger partial charge in [-0.1, -0.05) is 91.9 Å². The van der Waals surface area contributed by atoms with Crippen molar-refractivity contribution in [3.8, 4) is 11.1 Å². The van der Waals surface area contributed by atoms with Crippen molar-refractivity contribution in [2.24, 2.45) is 11.7 Å². The van der Waals surface area contributed by atoms with Crippen molar-refractivity contribution in [3.63, 3.8) is 0 Å². The van der Waals surface area contributed by atoms with E-state index in [-0.39, 0.29) is 18.2 Å². The molecule has 1 saturated carbocycles. The maximum atomic E-state index is 13.0. The zero-order valence-electron chi connectivity index (χ0n) is 21.7. The number of benzene rings is 3. The Balaban J connectivity index is 1.47. The van der Waals surface area contributed by atoms with Gasteiger partial charge in [-0.25, -0.2) is 0 Å². The minimum atomic E-state index is -1.03. The summed E-state index contributed by atoms with van der Waals surface area (Å²) in [6.45, 7) is 2.71. The zero-order chi connectivity index (χ0) is 26.2. The lowest BCUT2D eigenvalue weighted by molar-refractivity contribution is -0.138. The molecule has 4 N–H and O–H groups in total. The summed E-state index contributed by atoms with van der Waals surface area (Å²) in [5.74, 6) is -0.323. The van der Waals surface area contributed by atoms with Crippen molar-refractivity contribution < 1.29 is 14.7 Å². The maximum Gasteiger partial charge on any atom is 0.320 e. The molecule has 37 heavy (non-hydrogen) atoms. The van der Waals surface area contributed by atoms with Crippen molar-refractivity contribution in [2.45, 2.75) is 63.8 Å². The van der Waals surface area contributed by atoms with Crippen molar-refractivity contribution in [3.05, 3.63) is 95.1 Å². The highest BCUT2D eigenvalue weighted by atomic mass is 16.4. The summed E-state index contributed by atoms with van der Waals surface area (Å²) in [5.41, 5.74) is 12.0. The molecule has 1 amide bonds. The van der Waals surface area contributed by atoms with Gasteiger partial charge in [-0.15, -0.1) is 0 Å². The van der Waals surface area contributed by atoms with Gasteiger partial charge in [0.1, 0.15) is 6.04 Å². The number of hydrogen-bond acceptors (Lipinski definition) is 3. The second-order valence-corrected chi connectivity index (χ2v) is 10.4. The molecule has 0 bridgehead atoms. The van der Waals surface area contributed by atoms with Gasteiger partial charge in [-0.3, -0.25) is 9.59 Å². The first-order valence-electron chi connectivity index (χ1n) is 13.4. The van der Waals surface area contributed by atoms with Gasteiger partial charge in [0.25, 0.3) is 5.91 Å². The molecule has 1 fully saturated rings. The molecule has 0 heterocycles. The number of carboxylic acids is 1. The summed E-state index contributed by atoms with van der Waals surface area (Å²) < 4.78 is 0. The summed E-state index contributed by atoms with van der Waals surface area (Å²) >= 11 is 0. The Morgan fingerprint density at radius 3 is 2.22 bits per heavy atom. The normalized spacial score (nSPS) is 15.9. The van der Waals surface area contributed by atoms with Crippen LogP contribution in [0.2, 0.25) is 0 Å². The first-order valence-corrected chi connectivity index (χ1v) is 13.4. The third-order valence-electron chi connectivity index (χ3n) is 7.63. The minimum Gasteiger partial charge on any atom is -0.480 e. The fourth-order valence-electron chi connectivity index (χ4n) is 5.46. The van der Waals surface area contributed by atoms with E-state index < -0.39 is 12.0 Å². The molecule has 4 rings (SSSR count). The SMILES string of the molecule is Cc1cccc(-c2ccc([C@H](CNC(=O)c3ccc(C[C@H](N)C(=O)O)cc3)C3CCCCCC3)cc2)c1. The smallest absolute Gasteiger partial charge is 0.320 e. The first kappa shape index (κ1) is 26.6. The van der Waals surface area contributed by atoms with Crippen LogP contribution in [0, 0.1) is 12.8 Å². The van der Waals surface area contributed by atoms with Crippen molar-refractivity contribution >= 4 is 11.9 Å². The average Bonchev–Trinajstić information content (AvgIpc) is 3.19. The van der Waals surface area contributed by atoms with Crippen LogP contribution in [0.3, 0.4) is 0 Å². The zero-order valence-corrected chi connectivity index (χ0v) is 21.7. The number of carbonyl (C=O) groups excluding carboxylic acids is 1. The van der Waals surface area contributed by atoms with Crippen LogP contribution in [0.4, 0.5) is 0 Å². The molecular weight excluding hydrogens is 460 g/mol. The largest absolute Gasteiger partial charge is 0.480 e. The van der Waals surface area contributed by atoms with Gasteiger partial charge in [-0.05, 0) is 66.5 Å². The van der Waals surface area contributed by atoms with Gasteiger partial charge >= 0.3 is 5.97 Å². The van der Waals surface area contributed by atoms with Crippen LogP contribution in [0.15, 0.2) is 72.8 Å². The summed E-state index contributed by atoms with van der Waals surface area (Å²) in [6.07, 6.45) is 7.70. The van der Waals surface area contributed by atoms with Gasteiger partial charge in [0.15, 0.2) is 0 Å². The molecule has 0 radical (unpaired) electrons. The first-order chi connectivity index (χ1) is 17.9. The number of carbonyl (C=O) groups is 2. The van der Waals surface area contributed by atoms with Crippen LogP contribution in [0.5, 0.6) is 0 Å².